The summed E-state index contributed by atoms with van der Waals surface area (Å²) in [6.07, 6.45) is 3.18. The molecule has 0 aliphatic heterocycles. The van der Waals surface area contributed by atoms with Gasteiger partial charge in [0.15, 0.2) is 0 Å². The van der Waals surface area contributed by atoms with Gasteiger partial charge in [0, 0.05) is 6.54 Å². The van der Waals surface area contributed by atoms with Gasteiger partial charge in [-0.2, -0.15) is 0 Å². The molecule has 2 rings (SSSR count). The van der Waals surface area contributed by atoms with E-state index in [0.717, 1.165) is 12.8 Å². The Morgan fingerprint density at radius 1 is 1.24 bits per heavy atom. The van der Waals surface area contributed by atoms with Gasteiger partial charge in [0.2, 0.25) is 10.0 Å². The summed E-state index contributed by atoms with van der Waals surface area (Å²) in [4.78, 5) is 0.268. The van der Waals surface area contributed by atoms with Gasteiger partial charge in [0.05, 0.1) is 17.6 Å². The molecule has 1 aromatic carbocycles. The molecule has 0 unspecified atom stereocenters. The fourth-order valence-electron chi connectivity index (χ4n) is 2.96. The maximum atomic E-state index is 12.5. The molecule has 1 aliphatic rings. The van der Waals surface area contributed by atoms with Crippen LogP contribution >= 0.6 is 0 Å². The van der Waals surface area contributed by atoms with Gasteiger partial charge in [-0.3, -0.25) is 0 Å². The lowest BCUT2D eigenvalue weighted by molar-refractivity contribution is 0.0531. The van der Waals surface area contributed by atoms with E-state index in [9.17, 15) is 13.5 Å². The molecule has 0 saturated heterocycles. The first kappa shape index (κ1) is 16.3. The molecule has 0 aromatic heterocycles. The van der Waals surface area contributed by atoms with Crippen molar-refractivity contribution in [2.75, 3.05) is 13.7 Å². The first-order valence-corrected chi connectivity index (χ1v) is 8.63. The Kier molecular flexibility index (Phi) is 4.60. The van der Waals surface area contributed by atoms with Crippen LogP contribution in [0.4, 0.5) is 0 Å². The van der Waals surface area contributed by atoms with Crippen LogP contribution in [-0.4, -0.2) is 32.8 Å². The van der Waals surface area contributed by atoms with Crippen LogP contribution in [-0.2, 0) is 10.0 Å². The third kappa shape index (κ3) is 3.56. The van der Waals surface area contributed by atoms with Gasteiger partial charge in [0.25, 0.3) is 0 Å². The Morgan fingerprint density at radius 3 is 2.24 bits per heavy atom. The number of hydrogen-bond donors (Lipinski definition) is 2. The van der Waals surface area contributed by atoms with Crippen LogP contribution in [0, 0.1) is 13.8 Å². The average Bonchev–Trinajstić information content (AvgIpc) is 2.83. The van der Waals surface area contributed by atoms with Crippen molar-refractivity contribution in [2.24, 2.45) is 0 Å². The SMILES string of the molecule is COc1cc(C)c(S(=O)(=O)NCC2(O)CCCC2)c(C)c1. The van der Waals surface area contributed by atoms with Gasteiger partial charge >= 0.3 is 0 Å². The molecule has 1 fully saturated rings. The number of hydrogen-bond acceptors (Lipinski definition) is 4. The van der Waals surface area contributed by atoms with E-state index in [4.69, 9.17) is 4.74 Å². The summed E-state index contributed by atoms with van der Waals surface area (Å²) in [6, 6.07) is 3.40. The van der Waals surface area contributed by atoms with Gasteiger partial charge < -0.3 is 9.84 Å². The molecule has 6 heteroatoms. The Bertz CT molecular complexity index is 596. The second kappa shape index (κ2) is 5.94. The van der Waals surface area contributed by atoms with E-state index in [-0.39, 0.29) is 11.4 Å². The quantitative estimate of drug-likeness (QED) is 0.870. The van der Waals surface area contributed by atoms with Crippen molar-refractivity contribution in [3.63, 3.8) is 0 Å². The maximum Gasteiger partial charge on any atom is 0.241 e. The lowest BCUT2D eigenvalue weighted by atomic mass is 10.0. The van der Waals surface area contributed by atoms with Crippen molar-refractivity contribution in [3.8, 4) is 5.75 Å². The summed E-state index contributed by atoms with van der Waals surface area (Å²) in [5.41, 5.74) is 0.372. The van der Waals surface area contributed by atoms with Crippen molar-refractivity contribution < 1.29 is 18.3 Å². The summed E-state index contributed by atoms with van der Waals surface area (Å²) in [6.45, 7) is 3.56. The fourth-order valence-corrected chi connectivity index (χ4v) is 4.53. The van der Waals surface area contributed by atoms with Crippen LogP contribution in [0.25, 0.3) is 0 Å². The summed E-state index contributed by atoms with van der Waals surface area (Å²) >= 11 is 0. The number of aliphatic hydroxyl groups is 1. The molecular formula is C15H23NO4S. The molecule has 0 amide bonds. The van der Waals surface area contributed by atoms with Gasteiger partial charge in [-0.05, 0) is 49.9 Å². The minimum absolute atomic E-state index is 0.0697. The summed E-state index contributed by atoms with van der Waals surface area (Å²) in [5.74, 6) is 0.637. The van der Waals surface area contributed by atoms with Crippen LogP contribution in [0.15, 0.2) is 17.0 Å². The van der Waals surface area contributed by atoms with Crippen molar-refractivity contribution in [1.82, 2.24) is 4.72 Å². The highest BCUT2D eigenvalue weighted by Gasteiger charge is 2.33. The van der Waals surface area contributed by atoms with Crippen LogP contribution in [0.1, 0.15) is 36.8 Å². The second-order valence-corrected chi connectivity index (χ2v) is 7.55. The number of benzene rings is 1. The molecule has 0 radical (unpaired) electrons. The third-order valence-corrected chi connectivity index (χ3v) is 5.77. The van der Waals surface area contributed by atoms with Gasteiger partial charge in [0.1, 0.15) is 5.75 Å². The normalized spacial score (nSPS) is 17.9. The van der Waals surface area contributed by atoms with E-state index in [1.807, 2.05) is 0 Å². The molecular weight excluding hydrogens is 290 g/mol. The van der Waals surface area contributed by atoms with Gasteiger partial charge in [-0.25, -0.2) is 13.1 Å². The van der Waals surface area contributed by atoms with Crippen molar-refractivity contribution >= 4 is 10.0 Å². The van der Waals surface area contributed by atoms with E-state index in [1.165, 1.54) is 0 Å². The highest BCUT2D eigenvalue weighted by Crippen LogP contribution is 2.30. The predicted molar refractivity (Wildman–Crippen MR) is 81.1 cm³/mol. The van der Waals surface area contributed by atoms with Gasteiger partial charge in [-0.15, -0.1) is 0 Å². The van der Waals surface area contributed by atoms with E-state index >= 15 is 0 Å². The monoisotopic (exact) mass is 313 g/mol. The topological polar surface area (TPSA) is 75.6 Å². The Labute approximate surface area is 126 Å². The maximum absolute atomic E-state index is 12.5. The lowest BCUT2D eigenvalue weighted by Gasteiger charge is -2.23. The zero-order valence-corrected chi connectivity index (χ0v) is 13.6. The molecule has 5 nitrogen and oxygen atoms in total. The van der Waals surface area contributed by atoms with Crippen LogP contribution in [0.3, 0.4) is 0 Å². The fraction of sp³-hybridized carbons (Fsp3) is 0.600. The number of sulfonamides is 1. The first-order chi connectivity index (χ1) is 9.77. The Hall–Kier alpha value is -1.11. The lowest BCUT2D eigenvalue weighted by Crippen LogP contribution is -2.41. The predicted octanol–water partition coefficient (Wildman–Crippen LogP) is 1.90. The number of rotatable bonds is 5. The van der Waals surface area contributed by atoms with Gasteiger partial charge in [-0.1, -0.05) is 12.8 Å². The number of nitrogens with one attached hydrogen (secondary N) is 1. The smallest absolute Gasteiger partial charge is 0.241 e. The van der Waals surface area contributed by atoms with Crippen LogP contribution in [0.5, 0.6) is 5.75 Å². The number of ether oxygens (including phenoxy) is 1. The van der Waals surface area contributed by atoms with Crippen molar-refractivity contribution in [3.05, 3.63) is 23.3 Å². The molecule has 2 N–H and O–H groups in total. The second-order valence-electron chi connectivity index (χ2n) is 5.85. The van der Waals surface area contributed by atoms with E-state index in [2.05, 4.69) is 4.72 Å². The largest absolute Gasteiger partial charge is 0.497 e. The molecule has 21 heavy (non-hydrogen) atoms. The molecule has 0 bridgehead atoms. The third-order valence-electron chi connectivity index (χ3n) is 4.06. The zero-order chi connectivity index (χ0) is 15.7. The molecule has 1 saturated carbocycles. The molecule has 0 heterocycles. The first-order valence-electron chi connectivity index (χ1n) is 7.15. The van der Waals surface area contributed by atoms with E-state index in [1.54, 1.807) is 33.1 Å². The summed E-state index contributed by atoms with van der Waals surface area (Å²) in [5, 5.41) is 10.3. The van der Waals surface area contributed by atoms with Crippen LogP contribution in [0.2, 0.25) is 0 Å². The summed E-state index contributed by atoms with van der Waals surface area (Å²) in [7, 11) is -2.09. The number of aryl methyl sites for hydroxylation is 2. The molecule has 1 aromatic rings. The Balaban J connectivity index is 2.23. The highest BCUT2D eigenvalue weighted by atomic mass is 32.2. The highest BCUT2D eigenvalue weighted by molar-refractivity contribution is 7.89. The van der Waals surface area contributed by atoms with E-state index in [0.29, 0.717) is 29.7 Å². The molecule has 118 valence electrons. The Morgan fingerprint density at radius 2 is 1.76 bits per heavy atom. The molecule has 0 spiro atoms. The zero-order valence-electron chi connectivity index (χ0n) is 12.8. The standard InChI is InChI=1S/C15H23NO4S/c1-11-8-13(20-3)9-12(2)14(11)21(18,19)16-10-15(17)6-4-5-7-15/h8-9,16-17H,4-7,10H2,1-3H3. The molecule has 1 aliphatic carbocycles. The van der Waals surface area contributed by atoms with Crippen molar-refractivity contribution in [2.45, 2.75) is 50.0 Å². The van der Waals surface area contributed by atoms with E-state index < -0.39 is 15.6 Å². The minimum atomic E-state index is -3.64. The number of methoxy groups -OCH3 is 1. The van der Waals surface area contributed by atoms with Crippen LogP contribution < -0.4 is 9.46 Å². The van der Waals surface area contributed by atoms with Crippen molar-refractivity contribution in [1.29, 1.82) is 0 Å². The minimum Gasteiger partial charge on any atom is -0.497 e. The molecule has 0 atom stereocenters. The summed E-state index contributed by atoms with van der Waals surface area (Å²) < 4.78 is 32.7. The average molecular weight is 313 g/mol.